The van der Waals surface area contributed by atoms with Crippen molar-refractivity contribution in [3.8, 4) is 0 Å². The van der Waals surface area contributed by atoms with Gasteiger partial charge in [-0.25, -0.2) is 9.78 Å². The number of nitrogens with one attached hydrogen (secondary N) is 1. The van der Waals surface area contributed by atoms with Gasteiger partial charge in [-0.2, -0.15) is 0 Å². The number of aromatic nitrogens is 1. The van der Waals surface area contributed by atoms with Crippen LogP contribution in [0, 0.1) is 6.92 Å². The number of carbonyl (C=O) groups is 1. The maximum Gasteiger partial charge on any atom is 0.407 e. The first-order valence-electron chi connectivity index (χ1n) is 5.25. The molecule has 0 aliphatic carbocycles. The van der Waals surface area contributed by atoms with Gasteiger partial charge in [0.05, 0.1) is 5.01 Å². The smallest absolute Gasteiger partial charge is 0.407 e. The van der Waals surface area contributed by atoms with E-state index in [-0.39, 0.29) is 6.09 Å². The molecule has 1 heterocycles. The molecule has 1 amide bonds. The third-order valence-corrected chi connectivity index (χ3v) is 2.68. The zero-order valence-electron chi connectivity index (χ0n) is 10.2. The second-order valence-electron chi connectivity index (χ2n) is 4.52. The Morgan fingerprint density at radius 1 is 1.56 bits per heavy atom. The van der Waals surface area contributed by atoms with Crippen LogP contribution in [0.2, 0.25) is 0 Å². The molecule has 0 aliphatic heterocycles. The molecule has 0 atom stereocenters. The van der Waals surface area contributed by atoms with Gasteiger partial charge in [-0.1, -0.05) is 0 Å². The third kappa shape index (κ3) is 5.11. The predicted octanol–water partition coefficient (Wildman–Crippen LogP) is 2.52. The molecule has 1 N–H and O–H groups in total. The highest BCUT2D eigenvalue weighted by Gasteiger charge is 2.15. The molecule has 0 fully saturated rings. The Bertz CT molecular complexity index is 355. The Kier molecular flexibility index (Phi) is 4.29. The maximum atomic E-state index is 11.3. The molecule has 0 aromatic carbocycles. The Morgan fingerprint density at radius 3 is 2.75 bits per heavy atom. The molecule has 1 rings (SSSR count). The number of rotatable bonds is 3. The van der Waals surface area contributed by atoms with Gasteiger partial charge in [0.15, 0.2) is 0 Å². The van der Waals surface area contributed by atoms with Crippen LogP contribution in [0.25, 0.3) is 0 Å². The summed E-state index contributed by atoms with van der Waals surface area (Å²) in [4.78, 5) is 16.6. The highest BCUT2D eigenvalue weighted by molar-refractivity contribution is 7.11. The molecule has 0 unspecified atom stereocenters. The highest BCUT2D eigenvalue weighted by atomic mass is 32.1. The van der Waals surface area contributed by atoms with E-state index in [0.29, 0.717) is 6.54 Å². The first-order valence-corrected chi connectivity index (χ1v) is 6.06. The van der Waals surface area contributed by atoms with Gasteiger partial charge >= 0.3 is 6.09 Å². The van der Waals surface area contributed by atoms with Crippen molar-refractivity contribution < 1.29 is 9.53 Å². The Hall–Kier alpha value is -1.10. The van der Waals surface area contributed by atoms with E-state index in [1.807, 2.05) is 33.9 Å². The van der Waals surface area contributed by atoms with E-state index in [2.05, 4.69) is 10.3 Å². The number of aryl methyl sites for hydroxylation is 1. The van der Waals surface area contributed by atoms with Gasteiger partial charge < -0.3 is 10.1 Å². The van der Waals surface area contributed by atoms with Gasteiger partial charge in [-0.15, -0.1) is 11.3 Å². The lowest BCUT2D eigenvalue weighted by atomic mass is 10.2. The second kappa shape index (κ2) is 5.30. The fourth-order valence-corrected chi connectivity index (χ4v) is 1.92. The van der Waals surface area contributed by atoms with E-state index < -0.39 is 5.60 Å². The van der Waals surface area contributed by atoms with Crippen LogP contribution in [0.1, 0.15) is 30.7 Å². The minimum atomic E-state index is -0.439. The third-order valence-electron chi connectivity index (χ3n) is 1.71. The molecule has 0 radical (unpaired) electrons. The summed E-state index contributed by atoms with van der Waals surface area (Å²) in [6.45, 7) is 8.09. The molecular formula is C11H18N2O2S. The van der Waals surface area contributed by atoms with Crippen molar-refractivity contribution in [2.45, 2.75) is 39.7 Å². The Balaban J connectivity index is 2.23. The van der Waals surface area contributed by atoms with Crippen LogP contribution in [0.4, 0.5) is 4.79 Å². The lowest BCUT2D eigenvalue weighted by molar-refractivity contribution is 0.0528. The standard InChI is InChI=1S/C11H18N2O2S/c1-8-13-7-9(16-8)5-6-12-10(14)15-11(2,3)4/h7H,5-6H2,1-4H3,(H,12,14). The van der Waals surface area contributed by atoms with Crippen molar-refractivity contribution in [2.75, 3.05) is 6.54 Å². The molecule has 0 bridgehead atoms. The van der Waals surface area contributed by atoms with Gasteiger partial charge in [0, 0.05) is 24.0 Å². The van der Waals surface area contributed by atoms with Crippen LogP contribution in [-0.4, -0.2) is 23.2 Å². The number of alkyl carbamates (subject to hydrolysis) is 1. The largest absolute Gasteiger partial charge is 0.444 e. The van der Waals surface area contributed by atoms with Crippen molar-refractivity contribution in [2.24, 2.45) is 0 Å². The monoisotopic (exact) mass is 242 g/mol. The van der Waals surface area contributed by atoms with Crippen molar-refractivity contribution >= 4 is 17.4 Å². The Labute approximate surface area is 100 Å². The minimum absolute atomic E-state index is 0.367. The summed E-state index contributed by atoms with van der Waals surface area (Å²) in [6, 6.07) is 0. The first-order chi connectivity index (χ1) is 7.37. The summed E-state index contributed by atoms with van der Waals surface area (Å²) in [6.07, 6.45) is 2.27. The summed E-state index contributed by atoms with van der Waals surface area (Å²) in [5.74, 6) is 0. The highest BCUT2D eigenvalue weighted by Crippen LogP contribution is 2.11. The van der Waals surface area contributed by atoms with Crippen LogP contribution in [0.15, 0.2) is 6.20 Å². The van der Waals surface area contributed by atoms with E-state index in [9.17, 15) is 4.79 Å². The van der Waals surface area contributed by atoms with Crippen molar-refractivity contribution in [1.82, 2.24) is 10.3 Å². The quantitative estimate of drug-likeness (QED) is 0.886. The molecule has 0 saturated carbocycles. The molecule has 0 spiro atoms. The van der Waals surface area contributed by atoms with E-state index in [4.69, 9.17) is 4.74 Å². The van der Waals surface area contributed by atoms with Gasteiger partial charge in [0.25, 0.3) is 0 Å². The van der Waals surface area contributed by atoms with E-state index >= 15 is 0 Å². The number of hydrogen-bond acceptors (Lipinski definition) is 4. The lowest BCUT2D eigenvalue weighted by Crippen LogP contribution is -2.33. The number of carbonyl (C=O) groups excluding carboxylic acids is 1. The van der Waals surface area contributed by atoms with Crippen LogP contribution in [0.5, 0.6) is 0 Å². The number of hydrogen-bond donors (Lipinski definition) is 1. The van der Waals surface area contributed by atoms with Gasteiger partial charge in [0.2, 0.25) is 0 Å². The predicted molar refractivity (Wildman–Crippen MR) is 64.8 cm³/mol. The average Bonchev–Trinajstić information content (AvgIpc) is 2.48. The summed E-state index contributed by atoms with van der Waals surface area (Å²) < 4.78 is 5.12. The molecule has 0 aliphatic rings. The molecular weight excluding hydrogens is 224 g/mol. The zero-order valence-corrected chi connectivity index (χ0v) is 11.0. The SMILES string of the molecule is Cc1ncc(CCNC(=O)OC(C)(C)C)s1. The molecule has 0 saturated heterocycles. The topological polar surface area (TPSA) is 51.2 Å². The van der Waals surface area contributed by atoms with Crippen LogP contribution < -0.4 is 5.32 Å². The van der Waals surface area contributed by atoms with Crippen LogP contribution in [0.3, 0.4) is 0 Å². The van der Waals surface area contributed by atoms with E-state index in [1.54, 1.807) is 11.3 Å². The summed E-state index contributed by atoms with van der Waals surface area (Å²) >= 11 is 1.65. The molecule has 16 heavy (non-hydrogen) atoms. The number of thiazole rings is 1. The van der Waals surface area contributed by atoms with Crippen LogP contribution in [-0.2, 0) is 11.2 Å². The van der Waals surface area contributed by atoms with Crippen LogP contribution >= 0.6 is 11.3 Å². The van der Waals surface area contributed by atoms with Crippen molar-refractivity contribution in [1.29, 1.82) is 0 Å². The molecule has 4 nitrogen and oxygen atoms in total. The second-order valence-corrected chi connectivity index (χ2v) is 5.84. The molecule has 1 aromatic rings. The fourth-order valence-electron chi connectivity index (χ4n) is 1.12. The maximum absolute atomic E-state index is 11.3. The summed E-state index contributed by atoms with van der Waals surface area (Å²) in [5, 5.41) is 3.76. The van der Waals surface area contributed by atoms with E-state index in [0.717, 1.165) is 11.4 Å². The molecule has 5 heteroatoms. The van der Waals surface area contributed by atoms with Gasteiger partial charge in [0.1, 0.15) is 5.60 Å². The normalized spacial score (nSPS) is 11.2. The van der Waals surface area contributed by atoms with E-state index in [1.165, 1.54) is 4.88 Å². The number of amides is 1. The average molecular weight is 242 g/mol. The summed E-state index contributed by atoms with van der Waals surface area (Å²) in [5.41, 5.74) is -0.439. The lowest BCUT2D eigenvalue weighted by Gasteiger charge is -2.19. The Morgan fingerprint density at radius 2 is 2.25 bits per heavy atom. The van der Waals surface area contributed by atoms with Gasteiger partial charge in [-0.05, 0) is 27.7 Å². The number of ether oxygens (including phenoxy) is 1. The van der Waals surface area contributed by atoms with Gasteiger partial charge in [-0.3, -0.25) is 0 Å². The van der Waals surface area contributed by atoms with Crippen molar-refractivity contribution in [3.05, 3.63) is 16.1 Å². The number of nitrogens with zero attached hydrogens (tertiary/aromatic N) is 1. The zero-order chi connectivity index (χ0) is 12.2. The minimum Gasteiger partial charge on any atom is -0.444 e. The fraction of sp³-hybridized carbons (Fsp3) is 0.636. The van der Waals surface area contributed by atoms with Crippen molar-refractivity contribution in [3.63, 3.8) is 0 Å². The molecule has 1 aromatic heterocycles. The first kappa shape index (κ1) is 13.0. The summed E-state index contributed by atoms with van der Waals surface area (Å²) in [7, 11) is 0. The molecule has 90 valence electrons.